The molecule has 0 aliphatic carbocycles. The van der Waals surface area contributed by atoms with Gasteiger partial charge in [-0.2, -0.15) is 0 Å². The zero-order valence-corrected chi connectivity index (χ0v) is 16.3. The number of amides is 1. The molecule has 0 radical (unpaired) electrons. The van der Waals surface area contributed by atoms with Gasteiger partial charge in [0, 0.05) is 19.3 Å². The molecule has 146 valence electrons. The number of guanidine groups is 1. The highest BCUT2D eigenvalue weighted by Gasteiger charge is 2.16. The van der Waals surface area contributed by atoms with Crippen LogP contribution in [0.5, 0.6) is 0 Å². The lowest BCUT2D eigenvalue weighted by atomic mass is 10.1. The molecule has 2 aromatic rings. The average molecular weight is 372 g/mol. The molecule has 0 spiro atoms. The molecule has 0 aliphatic heterocycles. The average Bonchev–Trinajstić information content (AvgIpc) is 3.11. The van der Waals surface area contributed by atoms with Crippen molar-refractivity contribution in [3.63, 3.8) is 0 Å². The van der Waals surface area contributed by atoms with E-state index in [1.807, 2.05) is 57.2 Å². The highest BCUT2D eigenvalue weighted by Crippen LogP contribution is 2.13. The Hall–Kier alpha value is -2.96. The molecule has 2 rings (SSSR count). The predicted molar refractivity (Wildman–Crippen MR) is 107 cm³/mol. The summed E-state index contributed by atoms with van der Waals surface area (Å²) in [6.45, 7) is 6.81. The lowest BCUT2D eigenvalue weighted by Crippen LogP contribution is -2.37. The molecule has 0 bridgehead atoms. The topological polar surface area (TPSA) is 87.9 Å². The number of aliphatic imine (C=N–C) groups is 1. The van der Waals surface area contributed by atoms with Crippen molar-refractivity contribution in [3.8, 4) is 0 Å². The summed E-state index contributed by atoms with van der Waals surface area (Å²) in [6, 6.07) is 11.5. The van der Waals surface area contributed by atoms with Gasteiger partial charge < -0.3 is 19.8 Å². The number of hydrogen-bond donors (Lipinski definition) is 3. The Balaban J connectivity index is 1.73. The van der Waals surface area contributed by atoms with Crippen LogP contribution in [0.1, 0.15) is 32.1 Å². The zero-order valence-electron chi connectivity index (χ0n) is 16.3. The van der Waals surface area contributed by atoms with Crippen molar-refractivity contribution in [2.24, 2.45) is 4.99 Å². The van der Waals surface area contributed by atoms with Gasteiger partial charge in [0.15, 0.2) is 5.96 Å². The maximum atomic E-state index is 11.8. The molecule has 1 aromatic carbocycles. The molecule has 0 saturated heterocycles. The Morgan fingerprint density at radius 2 is 1.89 bits per heavy atom. The summed E-state index contributed by atoms with van der Waals surface area (Å²) in [7, 11) is 1.73. The van der Waals surface area contributed by atoms with Crippen LogP contribution < -0.4 is 16.0 Å². The van der Waals surface area contributed by atoms with E-state index < -0.39 is 11.7 Å². The van der Waals surface area contributed by atoms with Crippen LogP contribution in [0, 0.1) is 0 Å². The van der Waals surface area contributed by atoms with Crippen molar-refractivity contribution in [2.45, 2.75) is 39.3 Å². The first-order chi connectivity index (χ1) is 12.9. The predicted octanol–water partition coefficient (Wildman–Crippen LogP) is 3.53. The van der Waals surface area contributed by atoms with E-state index in [1.165, 1.54) is 0 Å². The summed E-state index contributed by atoms with van der Waals surface area (Å²) in [5.74, 6) is 1.57. The maximum Gasteiger partial charge on any atom is 0.412 e. The summed E-state index contributed by atoms with van der Waals surface area (Å²) in [5.41, 5.74) is 1.34. The molecule has 1 aromatic heterocycles. The zero-order chi connectivity index (χ0) is 19.7. The van der Waals surface area contributed by atoms with Gasteiger partial charge in [0.25, 0.3) is 0 Å². The third-order valence-corrected chi connectivity index (χ3v) is 3.54. The molecule has 1 heterocycles. The van der Waals surface area contributed by atoms with Gasteiger partial charge in [-0.05, 0) is 57.0 Å². The number of rotatable bonds is 6. The van der Waals surface area contributed by atoms with Crippen LogP contribution in [0.25, 0.3) is 0 Å². The molecule has 0 atom stereocenters. The quantitative estimate of drug-likeness (QED) is 0.533. The van der Waals surface area contributed by atoms with E-state index in [0.717, 1.165) is 30.2 Å². The molecular weight excluding hydrogens is 344 g/mol. The third kappa shape index (κ3) is 7.85. The second kappa shape index (κ2) is 9.66. The van der Waals surface area contributed by atoms with E-state index >= 15 is 0 Å². The minimum atomic E-state index is -0.515. The lowest BCUT2D eigenvalue weighted by molar-refractivity contribution is 0.0636. The van der Waals surface area contributed by atoms with Crippen LogP contribution in [0.2, 0.25) is 0 Å². The number of nitrogens with one attached hydrogen (secondary N) is 3. The van der Waals surface area contributed by atoms with E-state index in [0.29, 0.717) is 12.2 Å². The van der Waals surface area contributed by atoms with E-state index in [9.17, 15) is 4.79 Å². The fraction of sp³-hybridized carbons (Fsp3) is 0.400. The van der Waals surface area contributed by atoms with Crippen molar-refractivity contribution in [1.82, 2.24) is 10.6 Å². The molecule has 7 heteroatoms. The van der Waals surface area contributed by atoms with Crippen LogP contribution in [-0.2, 0) is 17.7 Å². The van der Waals surface area contributed by atoms with E-state index in [4.69, 9.17) is 9.15 Å². The number of furan rings is 1. The van der Waals surface area contributed by atoms with Crippen molar-refractivity contribution in [1.29, 1.82) is 0 Å². The minimum Gasteiger partial charge on any atom is -0.467 e. The van der Waals surface area contributed by atoms with Gasteiger partial charge in [0.2, 0.25) is 0 Å². The monoisotopic (exact) mass is 372 g/mol. The maximum absolute atomic E-state index is 11.8. The Kier molecular flexibility index (Phi) is 7.28. The van der Waals surface area contributed by atoms with Gasteiger partial charge in [-0.25, -0.2) is 4.79 Å². The van der Waals surface area contributed by atoms with Crippen molar-refractivity contribution in [2.75, 3.05) is 18.9 Å². The number of hydrogen-bond acceptors (Lipinski definition) is 4. The van der Waals surface area contributed by atoms with Gasteiger partial charge in [0.05, 0.1) is 12.8 Å². The molecular formula is C20H28N4O3. The highest BCUT2D eigenvalue weighted by molar-refractivity contribution is 5.84. The van der Waals surface area contributed by atoms with Gasteiger partial charge in [-0.1, -0.05) is 12.1 Å². The number of nitrogens with zero attached hydrogens (tertiary/aromatic N) is 1. The minimum absolute atomic E-state index is 0.455. The summed E-state index contributed by atoms with van der Waals surface area (Å²) >= 11 is 0. The van der Waals surface area contributed by atoms with Crippen molar-refractivity contribution >= 4 is 17.7 Å². The van der Waals surface area contributed by atoms with Gasteiger partial charge in [-0.15, -0.1) is 0 Å². The molecule has 3 N–H and O–H groups in total. The second-order valence-electron chi connectivity index (χ2n) is 7.01. The van der Waals surface area contributed by atoms with Crippen molar-refractivity contribution < 1.29 is 13.9 Å². The van der Waals surface area contributed by atoms with Crippen molar-refractivity contribution in [3.05, 3.63) is 54.0 Å². The fourth-order valence-electron chi connectivity index (χ4n) is 2.31. The molecule has 7 nitrogen and oxygen atoms in total. The van der Waals surface area contributed by atoms with E-state index in [2.05, 4.69) is 20.9 Å². The standard InChI is InChI=1S/C20H28N4O3/c1-20(2,3)27-19(25)24-16-9-7-15(8-10-16)11-12-22-18(21-4)23-14-17-6-5-13-26-17/h5-10,13H,11-12,14H2,1-4H3,(H,24,25)(H2,21,22,23). The Morgan fingerprint density at radius 1 is 1.15 bits per heavy atom. The van der Waals surface area contributed by atoms with Crippen LogP contribution in [0.3, 0.4) is 0 Å². The van der Waals surface area contributed by atoms with Crippen LogP contribution in [0.15, 0.2) is 52.1 Å². The summed E-state index contributed by atoms with van der Waals surface area (Å²) in [5, 5.41) is 9.18. The summed E-state index contributed by atoms with van der Waals surface area (Å²) < 4.78 is 10.5. The van der Waals surface area contributed by atoms with Gasteiger partial charge in [-0.3, -0.25) is 10.3 Å². The summed E-state index contributed by atoms with van der Waals surface area (Å²) in [6.07, 6.45) is 2.02. The van der Waals surface area contributed by atoms with Crippen LogP contribution in [0.4, 0.5) is 10.5 Å². The van der Waals surface area contributed by atoms with E-state index in [1.54, 1.807) is 13.3 Å². The largest absolute Gasteiger partial charge is 0.467 e. The number of benzene rings is 1. The third-order valence-electron chi connectivity index (χ3n) is 3.54. The molecule has 0 unspecified atom stereocenters. The van der Waals surface area contributed by atoms with Gasteiger partial charge in [0.1, 0.15) is 11.4 Å². The Morgan fingerprint density at radius 3 is 2.48 bits per heavy atom. The van der Waals surface area contributed by atoms with Crippen LogP contribution in [-0.4, -0.2) is 31.2 Å². The molecule has 27 heavy (non-hydrogen) atoms. The first-order valence-corrected chi connectivity index (χ1v) is 8.91. The highest BCUT2D eigenvalue weighted by atomic mass is 16.6. The number of ether oxygens (including phenoxy) is 1. The molecule has 0 saturated carbocycles. The number of carbonyl (C=O) groups is 1. The summed E-state index contributed by atoms with van der Waals surface area (Å²) in [4.78, 5) is 16.0. The lowest BCUT2D eigenvalue weighted by Gasteiger charge is -2.19. The van der Waals surface area contributed by atoms with E-state index in [-0.39, 0.29) is 0 Å². The first-order valence-electron chi connectivity index (χ1n) is 8.91. The van der Waals surface area contributed by atoms with Crippen LogP contribution >= 0.6 is 0 Å². The molecule has 0 fully saturated rings. The number of anilines is 1. The Bertz CT molecular complexity index is 732. The normalized spacial score (nSPS) is 11.8. The number of carbonyl (C=O) groups excluding carboxylic acids is 1. The SMILES string of the molecule is CN=C(NCCc1ccc(NC(=O)OC(C)(C)C)cc1)NCc1ccco1. The first kappa shape index (κ1) is 20.4. The molecule has 1 amide bonds. The fourth-order valence-corrected chi connectivity index (χ4v) is 2.31. The van der Waals surface area contributed by atoms with Gasteiger partial charge >= 0.3 is 6.09 Å². The molecule has 0 aliphatic rings. The second-order valence-corrected chi connectivity index (χ2v) is 7.01. The smallest absolute Gasteiger partial charge is 0.412 e. The Labute approximate surface area is 160 Å².